The van der Waals surface area contributed by atoms with Crippen molar-refractivity contribution < 1.29 is 0 Å². The molecule has 3 nitrogen and oxygen atoms in total. The number of hydrogen-bond donors (Lipinski definition) is 1. The zero-order valence-electron chi connectivity index (χ0n) is 11.1. The standard InChI is InChI=1S/C14H23N3/c1-11(2)12-7-8-17(9-12)10-13-5-4-6-14(15-3)16-13/h4-6,11-12H,7-10H2,1-3H3,(H,15,16). The second kappa shape index (κ2) is 5.50. The summed E-state index contributed by atoms with van der Waals surface area (Å²) >= 11 is 0. The lowest BCUT2D eigenvalue weighted by atomic mass is 9.95. The first-order chi connectivity index (χ1) is 8.19. The van der Waals surface area contributed by atoms with Gasteiger partial charge < -0.3 is 5.32 Å². The van der Waals surface area contributed by atoms with Crippen LogP contribution in [-0.2, 0) is 6.54 Å². The first-order valence-electron chi connectivity index (χ1n) is 6.55. The fourth-order valence-corrected chi connectivity index (χ4v) is 2.49. The van der Waals surface area contributed by atoms with Crippen molar-refractivity contribution in [2.24, 2.45) is 11.8 Å². The molecule has 1 atom stereocenters. The summed E-state index contributed by atoms with van der Waals surface area (Å²) in [5.74, 6) is 2.63. The Morgan fingerprint density at radius 1 is 1.47 bits per heavy atom. The summed E-state index contributed by atoms with van der Waals surface area (Å²) in [5, 5.41) is 3.09. The Bertz CT molecular complexity index is 362. The minimum Gasteiger partial charge on any atom is -0.373 e. The zero-order chi connectivity index (χ0) is 12.3. The van der Waals surface area contributed by atoms with Gasteiger partial charge in [0.2, 0.25) is 0 Å². The molecule has 1 fully saturated rings. The van der Waals surface area contributed by atoms with Crippen LogP contribution in [0.5, 0.6) is 0 Å². The number of nitrogens with one attached hydrogen (secondary N) is 1. The molecule has 0 amide bonds. The smallest absolute Gasteiger partial charge is 0.126 e. The van der Waals surface area contributed by atoms with E-state index >= 15 is 0 Å². The van der Waals surface area contributed by atoms with E-state index in [1.54, 1.807) is 0 Å². The number of pyridine rings is 1. The molecule has 1 saturated heterocycles. The van der Waals surface area contributed by atoms with Crippen LogP contribution in [0.25, 0.3) is 0 Å². The molecule has 0 spiro atoms. The third-order valence-corrected chi connectivity index (χ3v) is 3.70. The average Bonchev–Trinajstić information content (AvgIpc) is 2.78. The SMILES string of the molecule is CNc1cccc(CN2CCC(C(C)C)C2)n1. The van der Waals surface area contributed by atoms with E-state index in [2.05, 4.69) is 41.2 Å². The van der Waals surface area contributed by atoms with Crippen LogP contribution in [0, 0.1) is 11.8 Å². The van der Waals surface area contributed by atoms with Crippen molar-refractivity contribution in [3.8, 4) is 0 Å². The van der Waals surface area contributed by atoms with Crippen LogP contribution in [0.3, 0.4) is 0 Å². The molecular formula is C14H23N3. The molecule has 1 aromatic heterocycles. The lowest BCUT2D eigenvalue weighted by molar-refractivity contribution is 0.294. The number of anilines is 1. The average molecular weight is 233 g/mol. The molecule has 94 valence electrons. The van der Waals surface area contributed by atoms with Gasteiger partial charge in [0.15, 0.2) is 0 Å². The minimum absolute atomic E-state index is 0.802. The summed E-state index contributed by atoms with van der Waals surface area (Å²) in [5.41, 5.74) is 1.17. The van der Waals surface area contributed by atoms with E-state index < -0.39 is 0 Å². The first kappa shape index (κ1) is 12.4. The van der Waals surface area contributed by atoms with Gasteiger partial charge >= 0.3 is 0 Å². The normalized spacial score (nSPS) is 21.1. The maximum atomic E-state index is 4.57. The third kappa shape index (κ3) is 3.19. The lowest BCUT2D eigenvalue weighted by Gasteiger charge is -2.17. The van der Waals surface area contributed by atoms with E-state index in [0.717, 1.165) is 24.2 Å². The van der Waals surface area contributed by atoms with Crippen LogP contribution in [0.15, 0.2) is 18.2 Å². The number of likely N-dealkylation sites (tertiary alicyclic amines) is 1. The molecule has 1 aliphatic heterocycles. The maximum Gasteiger partial charge on any atom is 0.126 e. The second-order valence-corrected chi connectivity index (χ2v) is 5.29. The van der Waals surface area contributed by atoms with Gasteiger partial charge in [-0.25, -0.2) is 4.98 Å². The van der Waals surface area contributed by atoms with Crippen LogP contribution in [0.1, 0.15) is 26.0 Å². The molecule has 1 N–H and O–H groups in total. The van der Waals surface area contributed by atoms with E-state index in [9.17, 15) is 0 Å². The van der Waals surface area contributed by atoms with Gasteiger partial charge in [0.1, 0.15) is 5.82 Å². The van der Waals surface area contributed by atoms with Crippen molar-refractivity contribution >= 4 is 5.82 Å². The molecule has 2 rings (SSSR count). The Morgan fingerprint density at radius 2 is 2.29 bits per heavy atom. The molecule has 1 aliphatic rings. The zero-order valence-corrected chi connectivity index (χ0v) is 11.1. The Balaban J connectivity index is 1.93. The monoisotopic (exact) mass is 233 g/mol. The van der Waals surface area contributed by atoms with E-state index in [4.69, 9.17) is 0 Å². The van der Waals surface area contributed by atoms with Crippen molar-refractivity contribution in [1.82, 2.24) is 9.88 Å². The van der Waals surface area contributed by atoms with Gasteiger partial charge in [0, 0.05) is 20.1 Å². The lowest BCUT2D eigenvalue weighted by Crippen LogP contribution is -2.22. The highest BCUT2D eigenvalue weighted by molar-refractivity contribution is 5.34. The van der Waals surface area contributed by atoms with Crippen molar-refractivity contribution in [1.29, 1.82) is 0 Å². The number of rotatable bonds is 4. The van der Waals surface area contributed by atoms with Gasteiger partial charge in [-0.1, -0.05) is 19.9 Å². The Hall–Kier alpha value is -1.09. The summed E-state index contributed by atoms with van der Waals surface area (Å²) in [6.07, 6.45) is 1.34. The predicted molar refractivity (Wildman–Crippen MR) is 72.0 cm³/mol. The van der Waals surface area contributed by atoms with Gasteiger partial charge in [0.05, 0.1) is 5.69 Å². The van der Waals surface area contributed by atoms with Crippen molar-refractivity contribution in [3.63, 3.8) is 0 Å². The largest absolute Gasteiger partial charge is 0.373 e. The highest BCUT2D eigenvalue weighted by Crippen LogP contribution is 2.24. The highest BCUT2D eigenvalue weighted by Gasteiger charge is 2.24. The predicted octanol–water partition coefficient (Wildman–Crippen LogP) is 2.60. The molecular weight excluding hydrogens is 210 g/mol. The van der Waals surface area contributed by atoms with Crippen LogP contribution in [0.4, 0.5) is 5.82 Å². The summed E-state index contributed by atoms with van der Waals surface area (Å²) < 4.78 is 0. The summed E-state index contributed by atoms with van der Waals surface area (Å²) in [6, 6.07) is 6.19. The number of nitrogens with zero attached hydrogens (tertiary/aromatic N) is 2. The topological polar surface area (TPSA) is 28.2 Å². The molecule has 0 radical (unpaired) electrons. The van der Waals surface area contributed by atoms with Crippen molar-refractivity contribution in [3.05, 3.63) is 23.9 Å². The molecule has 1 aromatic rings. The Morgan fingerprint density at radius 3 is 2.94 bits per heavy atom. The van der Waals surface area contributed by atoms with E-state index in [1.807, 2.05) is 13.1 Å². The van der Waals surface area contributed by atoms with Crippen LogP contribution in [0.2, 0.25) is 0 Å². The molecule has 2 heterocycles. The van der Waals surface area contributed by atoms with E-state index in [-0.39, 0.29) is 0 Å². The molecule has 0 saturated carbocycles. The molecule has 17 heavy (non-hydrogen) atoms. The van der Waals surface area contributed by atoms with Gasteiger partial charge in [-0.05, 0) is 36.9 Å². The quantitative estimate of drug-likeness (QED) is 0.866. The third-order valence-electron chi connectivity index (χ3n) is 3.70. The first-order valence-corrected chi connectivity index (χ1v) is 6.55. The van der Waals surface area contributed by atoms with Crippen LogP contribution >= 0.6 is 0 Å². The molecule has 0 aromatic carbocycles. The molecule has 0 aliphatic carbocycles. The summed E-state index contributed by atoms with van der Waals surface area (Å²) in [6.45, 7) is 8.08. The summed E-state index contributed by atoms with van der Waals surface area (Å²) in [4.78, 5) is 7.09. The van der Waals surface area contributed by atoms with Crippen LogP contribution < -0.4 is 5.32 Å². The fourth-order valence-electron chi connectivity index (χ4n) is 2.49. The van der Waals surface area contributed by atoms with Crippen LogP contribution in [-0.4, -0.2) is 30.0 Å². The molecule has 0 bridgehead atoms. The van der Waals surface area contributed by atoms with Gasteiger partial charge in [-0.2, -0.15) is 0 Å². The van der Waals surface area contributed by atoms with E-state index in [1.165, 1.54) is 25.2 Å². The summed E-state index contributed by atoms with van der Waals surface area (Å²) in [7, 11) is 1.91. The maximum absolute atomic E-state index is 4.57. The number of aromatic nitrogens is 1. The van der Waals surface area contributed by atoms with Gasteiger partial charge in [-0.15, -0.1) is 0 Å². The highest BCUT2D eigenvalue weighted by atomic mass is 15.2. The van der Waals surface area contributed by atoms with Crippen molar-refractivity contribution in [2.45, 2.75) is 26.8 Å². The van der Waals surface area contributed by atoms with Gasteiger partial charge in [-0.3, -0.25) is 4.90 Å². The van der Waals surface area contributed by atoms with Crippen molar-refractivity contribution in [2.75, 3.05) is 25.5 Å². The fraction of sp³-hybridized carbons (Fsp3) is 0.643. The van der Waals surface area contributed by atoms with Gasteiger partial charge in [0.25, 0.3) is 0 Å². The Labute approximate surface area is 104 Å². The van der Waals surface area contributed by atoms with E-state index in [0.29, 0.717) is 0 Å². The molecule has 1 unspecified atom stereocenters. The molecule has 3 heteroatoms. The Kier molecular flexibility index (Phi) is 4.00. The number of hydrogen-bond acceptors (Lipinski definition) is 3. The minimum atomic E-state index is 0.802. The second-order valence-electron chi connectivity index (χ2n) is 5.29.